The van der Waals surface area contributed by atoms with Crippen LogP contribution in [-0.4, -0.2) is 30.0 Å². The van der Waals surface area contributed by atoms with E-state index < -0.39 is 0 Å². The van der Waals surface area contributed by atoms with Gasteiger partial charge >= 0.3 is 0 Å². The van der Waals surface area contributed by atoms with Gasteiger partial charge in [0.15, 0.2) is 0 Å². The fourth-order valence-corrected chi connectivity index (χ4v) is 42.2. The van der Waals surface area contributed by atoms with Gasteiger partial charge < -0.3 is 0 Å². The zero-order valence-corrected chi connectivity index (χ0v) is 95.1. The van der Waals surface area contributed by atoms with Crippen molar-refractivity contribution < 1.29 is 0 Å². The lowest BCUT2D eigenvalue weighted by molar-refractivity contribution is 0.265. The van der Waals surface area contributed by atoms with E-state index in [4.69, 9.17) is 10.4 Å². The van der Waals surface area contributed by atoms with Crippen LogP contribution in [0.2, 0.25) is 0 Å². The number of hydrogen-bond donors (Lipinski definition) is 0. The van der Waals surface area contributed by atoms with Gasteiger partial charge in [-0.15, -0.1) is 10.2 Å². The Morgan fingerprint density at radius 1 is 0.190 bits per heavy atom. The van der Waals surface area contributed by atoms with Gasteiger partial charge in [0.05, 0.1) is 23.5 Å². The standard InChI is InChI=1S/C136H232N6/c1-9-11-117-77-129(134(85-117)87-121-50-45-113(76-121)38-32-108-35-41-116(73-108)57-63-131-81-124(52-42-102-20-16-95(4)66-102)89-136(131)142-92-99(8)138-140-142)61-58-123-78-126(13-10-12-118-68-97(6)132(83-118)84-119-48-43-111(74-119)36-30-106-27-29-110(70-106)47-53-125-82-130(62-56-103-21-17-96(5)67-103)135(90-125)141-91-98(7)137-139-141)133(88-123)86-120-49-44-112(75-120)37-31-107-34-40-115(72-107)55-60-128-80-122(51-46-109-28-26-104(69-109)24-22-100-18-14-93(2)64-100)79-127(128)59-54-114-39-33-105(71-114)25-23-101-19-15-94(3)65-101/h91-97,100-136H,9-90H2,1-8H3. The molecule has 0 aromatic carbocycles. The fourth-order valence-electron chi connectivity index (χ4n) is 42.2. The monoisotopic (exact) mass is 1950 g/mol. The van der Waals surface area contributed by atoms with E-state index in [1.165, 1.54) is 161 Å². The molecule has 20 rings (SSSR count). The number of nitrogens with zero attached hydrogens (tertiary/aromatic N) is 6. The number of aromatic nitrogens is 6. The van der Waals surface area contributed by atoms with E-state index in [0.29, 0.717) is 12.1 Å². The third-order valence-corrected chi connectivity index (χ3v) is 50.2. The topological polar surface area (TPSA) is 61.4 Å². The van der Waals surface area contributed by atoms with Gasteiger partial charge in [-0.3, -0.25) is 0 Å². The molecule has 0 aliphatic heterocycles. The highest BCUT2D eigenvalue weighted by Gasteiger charge is 2.47. The first-order valence-electron chi connectivity index (χ1n) is 67.1. The van der Waals surface area contributed by atoms with Crippen LogP contribution < -0.4 is 0 Å². The predicted molar refractivity (Wildman–Crippen MR) is 600 cm³/mol. The highest BCUT2D eigenvalue weighted by Crippen LogP contribution is 2.59. The Morgan fingerprint density at radius 3 is 0.697 bits per heavy atom. The van der Waals surface area contributed by atoms with Gasteiger partial charge in [-0.05, 0) is 456 Å². The van der Waals surface area contributed by atoms with Crippen LogP contribution in [0.15, 0.2) is 12.4 Å². The van der Waals surface area contributed by atoms with Crippen molar-refractivity contribution in [3.8, 4) is 0 Å². The maximum atomic E-state index is 4.74. The summed E-state index contributed by atoms with van der Waals surface area (Å²) in [4.78, 5) is 0. The lowest BCUT2D eigenvalue weighted by Gasteiger charge is -2.24. The van der Waals surface area contributed by atoms with Gasteiger partial charge in [0.2, 0.25) is 0 Å². The van der Waals surface area contributed by atoms with Crippen LogP contribution in [0.3, 0.4) is 0 Å². The molecule has 0 bridgehead atoms. The van der Waals surface area contributed by atoms with Gasteiger partial charge in [0, 0.05) is 12.4 Å². The summed E-state index contributed by atoms with van der Waals surface area (Å²) in [6, 6.07) is 1.18. The van der Waals surface area contributed by atoms with Crippen LogP contribution in [0.5, 0.6) is 0 Å². The normalized spacial score (nSPS) is 43.9. The largest absolute Gasteiger partial charge is 0.249 e. The van der Waals surface area contributed by atoms with Crippen molar-refractivity contribution in [2.45, 2.75) is 594 Å². The molecule has 18 aliphatic rings. The first-order valence-corrected chi connectivity index (χ1v) is 67.1. The summed E-state index contributed by atoms with van der Waals surface area (Å²) in [5, 5.41) is 18.5. The molecule has 42 unspecified atom stereocenters. The van der Waals surface area contributed by atoms with Gasteiger partial charge in [-0.1, -0.05) is 373 Å². The average Bonchev–Trinajstić information content (AvgIpc) is 1.67. The Kier molecular flexibility index (Phi) is 40.0. The van der Waals surface area contributed by atoms with Crippen LogP contribution in [0, 0.1) is 251 Å². The van der Waals surface area contributed by atoms with Crippen molar-refractivity contribution in [2.24, 2.45) is 237 Å². The molecule has 2 heterocycles. The van der Waals surface area contributed by atoms with E-state index in [0.717, 1.165) is 248 Å². The molecule has 0 spiro atoms. The molecule has 0 N–H and O–H groups in total. The van der Waals surface area contributed by atoms with Crippen molar-refractivity contribution in [3.05, 3.63) is 23.8 Å². The summed E-state index contributed by atoms with van der Waals surface area (Å²) in [6.45, 7) is 19.6. The van der Waals surface area contributed by atoms with Crippen LogP contribution in [0.1, 0.15) is 592 Å². The zero-order chi connectivity index (χ0) is 96.8. The van der Waals surface area contributed by atoms with Gasteiger partial charge in [0.25, 0.3) is 0 Å². The van der Waals surface area contributed by atoms with Crippen molar-refractivity contribution in [3.63, 3.8) is 0 Å². The predicted octanol–water partition coefficient (Wildman–Crippen LogP) is 40.3. The van der Waals surface area contributed by atoms with Crippen LogP contribution in [0.25, 0.3) is 0 Å². The lowest BCUT2D eigenvalue weighted by Crippen LogP contribution is -2.16. The third-order valence-electron chi connectivity index (χ3n) is 50.2. The Bertz CT molecular complexity index is 3920. The minimum atomic E-state index is 0.589. The molecule has 0 radical (unpaired) electrons. The minimum Gasteiger partial charge on any atom is -0.249 e. The summed E-state index contributed by atoms with van der Waals surface area (Å²) in [5.74, 6) is 40.6. The quantitative estimate of drug-likeness (QED) is 0.0662. The third kappa shape index (κ3) is 30.9. The molecular weight excluding hydrogens is 1720 g/mol. The van der Waals surface area contributed by atoms with E-state index in [-0.39, 0.29) is 0 Å². The molecule has 806 valence electrons. The molecule has 0 amide bonds. The molecule has 18 aliphatic carbocycles. The van der Waals surface area contributed by atoms with E-state index in [1.807, 2.05) is 0 Å². The van der Waals surface area contributed by atoms with Crippen LogP contribution in [-0.2, 0) is 0 Å². The molecule has 6 nitrogen and oxygen atoms in total. The number of hydrogen-bond acceptors (Lipinski definition) is 4. The zero-order valence-electron chi connectivity index (χ0n) is 95.1. The highest BCUT2D eigenvalue weighted by atomic mass is 15.4. The van der Waals surface area contributed by atoms with E-state index >= 15 is 0 Å². The second-order valence-electron chi connectivity index (χ2n) is 61.1. The lowest BCUT2D eigenvalue weighted by atomic mass is 9.81. The molecular formula is C136H232N6. The van der Waals surface area contributed by atoms with E-state index in [9.17, 15) is 0 Å². The van der Waals surface area contributed by atoms with Crippen molar-refractivity contribution >= 4 is 0 Å². The Labute approximate surface area is 878 Å². The molecule has 18 saturated carbocycles. The number of aryl methyl sites for hydroxylation is 2. The molecule has 142 heavy (non-hydrogen) atoms. The summed E-state index contributed by atoms with van der Waals surface area (Å²) in [5.41, 5.74) is 2.20. The minimum absolute atomic E-state index is 0.589. The Balaban J connectivity index is 0.405. The van der Waals surface area contributed by atoms with Gasteiger partial charge in [-0.2, -0.15) is 0 Å². The first kappa shape index (κ1) is 107. The van der Waals surface area contributed by atoms with Gasteiger partial charge in [0.1, 0.15) is 0 Å². The molecule has 6 heteroatoms. The van der Waals surface area contributed by atoms with Crippen molar-refractivity contribution in [1.82, 2.24) is 30.0 Å². The summed E-state index contributed by atoms with van der Waals surface area (Å²) >= 11 is 0. The van der Waals surface area contributed by atoms with Crippen molar-refractivity contribution in [2.75, 3.05) is 0 Å². The van der Waals surface area contributed by atoms with Crippen molar-refractivity contribution in [1.29, 1.82) is 0 Å². The second-order valence-corrected chi connectivity index (χ2v) is 61.1. The molecule has 42 atom stereocenters. The van der Waals surface area contributed by atoms with Gasteiger partial charge in [-0.25, -0.2) is 9.36 Å². The number of rotatable bonds is 53. The highest BCUT2D eigenvalue weighted by molar-refractivity contribution is 5.01. The maximum Gasteiger partial charge on any atom is 0.0796 e. The Hall–Kier alpha value is -1.72. The van der Waals surface area contributed by atoms with E-state index in [1.54, 1.807) is 366 Å². The molecule has 18 fully saturated rings. The fraction of sp³-hybridized carbons (Fsp3) is 0.971. The first-order chi connectivity index (χ1) is 69.4. The molecule has 0 saturated heterocycles. The smallest absolute Gasteiger partial charge is 0.0796 e. The molecule has 2 aromatic heterocycles. The SMILES string of the molecule is CCCC1CC(CCC2CC(CCCC3CC(C)C(CC4CCC(CCC5CCC(CCC6CC(CCC7CCC(C)C7)C(n7cc(C)nn7)C6)C5)C4)C3)C(CC3CCC(CCC4CCC(CCC5CC(CCC6CCC(CCC7CCC(C)C7)C6)CC5CCC5CCC(CCC6CCC(C)C6)C5)C4)C3)C2)C(CC2CCC(CCC3CCC(CCC4CC(CCC5CCC(C)C5)CC4n4cc(C)nn4)C3)C2)C1. The maximum absolute atomic E-state index is 4.74. The van der Waals surface area contributed by atoms with E-state index in [2.05, 4.69) is 87.3 Å². The molecule has 2 aromatic rings. The van der Waals surface area contributed by atoms with Crippen LogP contribution >= 0.6 is 0 Å². The summed E-state index contributed by atoms with van der Waals surface area (Å²) in [7, 11) is 0. The average molecular weight is 1950 g/mol. The summed E-state index contributed by atoms with van der Waals surface area (Å²) < 4.78 is 4.65. The Morgan fingerprint density at radius 2 is 0.401 bits per heavy atom. The van der Waals surface area contributed by atoms with Crippen LogP contribution in [0.4, 0.5) is 0 Å². The summed E-state index contributed by atoms with van der Waals surface area (Å²) in [6.07, 6.45) is 132. The second kappa shape index (κ2) is 52.9.